The zero-order valence-corrected chi connectivity index (χ0v) is 15.1. The lowest BCUT2D eigenvalue weighted by atomic mass is 9.97. The Morgan fingerprint density at radius 2 is 1.81 bits per heavy atom. The SMILES string of the molecule is COc1ccc(OCC2CCN(C(=O)Cc3cccc(O)c3)CC2)cc1. The topological polar surface area (TPSA) is 59.0 Å². The summed E-state index contributed by atoms with van der Waals surface area (Å²) in [5, 5.41) is 9.51. The summed E-state index contributed by atoms with van der Waals surface area (Å²) in [6.45, 7) is 2.18. The summed E-state index contributed by atoms with van der Waals surface area (Å²) in [6.07, 6.45) is 2.23. The second kappa shape index (κ2) is 8.61. The Bertz CT molecular complexity index is 721. The van der Waals surface area contributed by atoms with Crippen molar-refractivity contribution < 1.29 is 19.4 Å². The molecule has 2 aromatic carbocycles. The summed E-state index contributed by atoms with van der Waals surface area (Å²) < 4.78 is 11.0. The number of nitrogens with zero attached hydrogens (tertiary/aromatic N) is 1. The minimum Gasteiger partial charge on any atom is -0.508 e. The number of carbonyl (C=O) groups excluding carboxylic acids is 1. The Hall–Kier alpha value is -2.69. The molecule has 1 aliphatic heterocycles. The lowest BCUT2D eigenvalue weighted by Gasteiger charge is -2.32. The molecule has 5 nitrogen and oxygen atoms in total. The molecule has 1 saturated heterocycles. The van der Waals surface area contributed by atoms with Crippen LogP contribution in [0, 0.1) is 5.92 Å². The van der Waals surface area contributed by atoms with Gasteiger partial charge in [-0.2, -0.15) is 0 Å². The van der Waals surface area contributed by atoms with E-state index in [0.29, 0.717) is 18.9 Å². The molecule has 1 fully saturated rings. The molecule has 138 valence electrons. The first-order valence-electron chi connectivity index (χ1n) is 8.96. The molecule has 0 aliphatic carbocycles. The Labute approximate surface area is 154 Å². The fraction of sp³-hybridized carbons (Fsp3) is 0.381. The van der Waals surface area contributed by atoms with Crippen LogP contribution in [-0.2, 0) is 11.2 Å². The van der Waals surface area contributed by atoms with Crippen molar-refractivity contribution >= 4 is 5.91 Å². The van der Waals surface area contributed by atoms with Crippen molar-refractivity contribution in [1.29, 1.82) is 0 Å². The van der Waals surface area contributed by atoms with Gasteiger partial charge in [0.15, 0.2) is 0 Å². The molecule has 2 aromatic rings. The number of piperidine rings is 1. The smallest absolute Gasteiger partial charge is 0.226 e. The lowest BCUT2D eigenvalue weighted by molar-refractivity contribution is -0.132. The highest BCUT2D eigenvalue weighted by molar-refractivity contribution is 5.79. The third-order valence-corrected chi connectivity index (χ3v) is 4.78. The summed E-state index contributed by atoms with van der Waals surface area (Å²) in [5.41, 5.74) is 0.847. The van der Waals surface area contributed by atoms with E-state index in [-0.39, 0.29) is 11.7 Å². The van der Waals surface area contributed by atoms with Crippen LogP contribution in [0.1, 0.15) is 18.4 Å². The molecule has 0 unspecified atom stereocenters. The van der Waals surface area contributed by atoms with Gasteiger partial charge in [0, 0.05) is 13.1 Å². The third kappa shape index (κ3) is 4.91. The van der Waals surface area contributed by atoms with Crippen LogP contribution in [0.3, 0.4) is 0 Å². The van der Waals surface area contributed by atoms with Gasteiger partial charge in [0.05, 0.1) is 20.1 Å². The van der Waals surface area contributed by atoms with E-state index in [2.05, 4.69) is 0 Å². The van der Waals surface area contributed by atoms with Gasteiger partial charge in [-0.15, -0.1) is 0 Å². The number of ether oxygens (including phenoxy) is 2. The van der Waals surface area contributed by atoms with Crippen LogP contribution in [-0.4, -0.2) is 42.7 Å². The average Bonchev–Trinajstić information content (AvgIpc) is 2.67. The number of amides is 1. The highest BCUT2D eigenvalue weighted by Gasteiger charge is 2.23. The Kier molecular flexibility index (Phi) is 6.00. The number of hydrogen-bond acceptors (Lipinski definition) is 4. The van der Waals surface area contributed by atoms with E-state index in [9.17, 15) is 9.90 Å². The fourth-order valence-electron chi connectivity index (χ4n) is 3.19. The molecule has 0 saturated carbocycles. The molecule has 0 atom stereocenters. The standard InChI is InChI=1S/C21H25NO4/c1-25-19-5-7-20(8-6-19)26-15-16-9-11-22(12-10-16)21(24)14-17-3-2-4-18(23)13-17/h2-8,13,16,23H,9-12,14-15H2,1H3. The predicted molar refractivity (Wildman–Crippen MR) is 99.6 cm³/mol. The quantitative estimate of drug-likeness (QED) is 0.864. The zero-order valence-electron chi connectivity index (χ0n) is 15.1. The maximum Gasteiger partial charge on any atom is 0.226 e. The van der Waals surface area contributed by atoms with Crippen LogP contribution >= 0.6 is 0 Å². The third-order valence-electron chi connectivity index (χ3n) is 4.78. The average molecular weight is 355 g/mol. The van der Waals surface area contributed by atoms with Gasteiger partial charge in [0.2, 0.25) is 5.91 Å². The summed E-state index contributed by atoms with van der Waals surface area (Å²) in [6, 6.07) is 14.5. The van der Waals surface area contributed by atoms with Crippen LogP contribution < -0.4 is 9.47 Å². The van der Waals surface area contributed by atoms with Gasteiger partial charge in [0.25, 0.3) is 0 Å². The highest BCUT2D eigenvalue weighted by Crippen LogP contribution is 2.22. The summed E-state index contributed by atoms with van der Waals surface area (Å²) >= 11 is 0. The molecule has 3 rings (SSSR count). The van der Waals surface area contributed by atoms with E-state index in [4.69, 9.17) is 9.47 Å². The number of rotatable bonds is 6. The first-order chi connectivity index (χ1) is 12.6. The van der Waals surface area contributed by atoms with E-state index in [0.717, 1.165) is 43.0 Å². The molecule has 0 radical (unpaired) electrons. The number of likely N-dealkylation sites (tertiary alicyclic amines) is 1. The number of phenolic OH excluding ortho intramolecular Hbond substituents is 1. The highest BCUT2D eigenvalue weighted by atomic mass is 16.5. The van der Waals surface area contributed by atoms with E-state index in [1.54, 1.807) is 25.3 Å². The summed E-state index contributed by atoms with van der Waals surface area (Å²) in [5.74, 6) is 2.43. The molecule has 1 amide bonds. The van der Waals surface area contributed by atoms with Crippen molar-refractivity contribution in [3.63, 3.8) is 0 Å². The van der Waals surface area contributed by atoms with E-state index < -0.39 is 0 Å². The van der Waals surface area contributed by atoms with Gasteiger partial charge < -0.3 is 19.5 Å². The molecular weight excluding hydrogens is 330 g/mol. The van der Waals surface area contributed by atoms with Gasteiger partial charge in [-0.3, -0.25) is 4.79 Å². The summed E-state index contributed by atoms with van der Waals surface area (Å²) in [7, 11) is 1.64. The van der Waals surface area contributed by atoms with Crippen molar-refractivity contribution in [3.05, 3.63) is 54.1 Å². The Morgan fingerprint density at radius 3 is 2.46 bits per heavy atom. The maximum absolute atomic E-state index is 12.4. The van der Waals surface area contributed by atoms with Gasteiger partial charge >= 0.3 is 0 Å². The summed E-state index contributed by atoms with van der Waals surface area (Å²) in [4.78, 5) is 14.3. The minimum atomic E-state index is 0.116. The Morgan fingerprint density at radius 1 is 1.12 bits per heavy atom. The minimum absolute atomic E-state index is 0.116. The number of aromatic hydroxyl groups is 1. The molecule has 1 N–H and O–H groups in total. The molecule has 0 aromatic heterocycles. The van der Waals surface area contributed by atoms with E-state index in [1.165, 1.54) is 0 Å². The number of methoxy groups -OCH3 is 1. The fourth-order valence-corrected chi connectivity index (χ4v) is 3.19. The van der Waals surface area contributed by atoms with Gasteiger partial charge in [0.1, 0.15) is 17.2 Å². The Balaban J connectivity index is 1.42. The first-order valence-corrected chi connectivity index (χ1v) is 8.96. The van der Waals surface area contributed by atoms with Crippen molar-refractivity contribution in [1.82, 2.24) is 4.90 Å². The number of phenols is 1. The van der Waals surface area contributed by atoms with Crippen LogP contribution in [0.4, 0.5) is 0 Å². The number of carbonyl (C=O) groups is 1. The van der Waals surface area contributed by atoms with Crippen molar-refractivity contribution in [2.75, 3.05) is 26.8 Å². The number of hydrogen-bond donors (Lipinski definition) is 1. The van der Waals surface area contributed by atoms with Crippen LogP contribution in [0.5, 0.6) is 17.2 Å². The van der Waals surface area contributed by atoms with Gasteiger partial charge in [-0.25, -0.2) is 0 Å². The van der Waals surface area contributed by atoms with Crippen LogP contribution in [0.25, 0.3) is 0 Å². The van der Waals surface area contributed by atoms with Crippen molar-refractivity contribution in [3.8, 4) is 17.2 Å². The lowest BCUT2D eigenvalue weighted by Crippen LogP contribution is -2.40. The zero-order chi connectivity index (χ0) is 18.4. The predicted octanol–water partition coefficient (Wildman–Crippen LogP) is 3.26. The largest absolute Gasteiger partial charge is 0.508 e. The molecular formula is C21H25NO4. The van der Waals surface area contributed by atoms with Crippen LogP contribution in [0.15, 0.2) is 48.5 Å². The van der Waals surface area contributed by atoms with Crippen LogP contribution in [0.2, 0.25) is 0 Å². The van der Waals surface area contributed by atoms with Crippen molar-refractivity contribution in [2.45, 2.75) is 19.3 Å². The van der Waals surface area contributed by atoms with Gasteiger partial charge in [-0.05, 0) is 60.7 Å². The monoisotopic (exact) mass is 355 g/mol. The molecule has 0 spiro atoms. The molecule has 0 bridgehead atoms. The van der Waals surface area contributed by atoms with Gasteiger partial charge in [-0.1, -0.05) is 12.1 Å². The normalized spacial score (nSPS) is 14.9. The second-order valence-electron chi connectivity index (χ2n) is 6.66. The van der Waals surface area contributed by atoms with E-state index in [1.807, 2.05) is 35.2 Å². The number of benzene rings is 2. The molecule has 26 heavy (non-hydrogen) atoms. The molecule has 5 heteroatoms. The van der Waals surface area contributed by atoms with Crippen molar-refractivity contribution in [2.24, 2.45) is 5.92 Å². The maximum atomic E-state index is 12.4. The second-order valence-corrected chi connectivity index (χ2v) is 6.66. The first kappa shape index (κ1) is 18.1. The molecule has 1 heterocycles. The molecule has 1 aliphatic rings. The van der Waals surface area contributed by atoms with E-state index >= 15 is 0 Å².